The van der Waals surface area contributed by atoms with Gasteiger partial charge in [-0.2, -0.15) is 0 Å². The number of carbonyl (C=O) groups excluding carboxylic acids is 1. The van der Waals surface area contributed by atoms with Crippen LogP contribution in [0.3, 0.4) is 0 Å². The monoisotopic (exact) mass is 331 g/mol. The van der Waals surface area contributed by atoms with Crippen LogP contribution < -0.4 is 0 Å². The number of aromatic amines is 1. The van der Waals surface area contributed by atoms with E-state index in [1.165, 1.54) is 7.11 Å². The van der Waals surface area contributed by atoms with E-state index in [9.17, 15) is 9.90 Å². The first-order valence-electron chi connectivity index (χ1n) is 8.05. The normalized spacial score (nSPS) is 11.1. The molecule has 25 heavy (non-hydrogen) atoms. The SMILES string of the molecule is COC(=O)c1c(-c2ccccc2)c(CO)cc2c1[nH]c1ccccc12. The molecule has 2 N–H and O–H groups in total. The zero-order valence-corrected chi connectivity index (χ0v) is 13.7. The predicted molar refractivity (Wildman–Crippen MR) is 98.5 cm³/mol. The van der Waals surface area contributed by atoms with Gasteiger partial charge >= 0.3 is 5.97 Å². The fraction of sp³-hybridized carbons (Fsp3) is 0.0952. The van der Waals surface area contributed by atoms with Crippen LogP contribution in [0.1, 0.15) is 15.9 Å². The van der Waals surface area contributed by atoms with Crippen LogP contribution in [-0.2, 0) is 11.3 Å². The molecule has 0 spiro atoms. The van der Waals surface area contributed by atoms with Crippen molar-refractivity contribution in [2.45, 2.75) is 6.61 Å². The lowest BCUT2D eigenvalue weighted by molar-refractivity contribution is 0.0603. The van der Waals surface area contributed by atoms with Gasteiger partial charge in [-0.15, -0.1) is 0 Å². The minimum Gasteiger partial charge on any atom is -0.465 e. The summed E-state index contributed by atoms with van der Waals surface area (Å²) < 4.78 is 5.06. The van der Waals surface area contributed by atoms with E-state index < -0.39 is 5.97 Å². The first kappa shape index (κ1) is 15.4. The summed E-state index contributed by atoms with van der Waals surface area (Å²) in [5, 5.41) is 11.9. The lowest BCUT2D eigenvalue weighted by Gasteiger charge is -2.14. The van der Waals surface area contributed by atoms with Crippen molar-refractivity contribution in [3.05, 3.63) is 71.8 Å². The Hall–Kier alpha value is -3.11. The third-order valence-electron chi connectivity index (χ3n) is 4.51. The fourth-order valence-corrected chi connectivity index (χ4v) is 3.41. The Labute approximate surface area is 144 Å². The van der Waals surface area contributed by atoms with Gasteiger partial charge in [0.1, 0.15) is 0 Å². The molecule has 4 nitrogen and oxygen atoms in total. The van der Waals surface area contributed by atoms with Crippen molar-refractivity contribution >= 4 is 27.8 Å². The summed E-state index contributed by atoms with van der Waals surface area (Å²) >= 11 is 0. The van der Waals surface area contributed by atoms with Gasteiger partial charge in [-0.1, -0.05) is 48.5 Å². The van der Waals surface area contributed by atoms with Gasteiger partial charge in [0, 0.05) is 21.9 Å². The summed E-state index contributed by atoms with van der Waals surface area (Å²) in [6, 6.07) is 19.4. The van der Waals surface area contributed by atoms with E-state index in [4.69, 9.17) is 4.74 Å². The Morgan fingerprint density at radius 2 is 1.76 bits per heavy atom. The number of nitrogens with one attached hydrogen (secondary N) is 1. The molecular formula is C21H17NO3. The van der Waals surface area contributed by atoms with Gasteiger partial charge < -0.3 is 14.8 Å². The molecule has 1 aromatic heterocycles. The lowest BCUT2D eigenvalue weighted by Crippen LogP contribution is -2.07. The van der Waals surface area contributed by atoms with Crippen LogP contribution in [0.25, 0.3) is 32.9 Å². The van der Waals surface area contributed by atoms with Crippen LogP contribution in [0.5, 0.6) is 0 Å². The molecule has 4 aromatic rings. The maximum Gasteiger partial charge on any atom is 0.340 e. The molecule has 0 radical (unpaired) electrons. The minimum atomic E-state index is -0.425. The second kappa shape index (κ2) is 6.07. The largest absolute Gasteiger partial charge is 0.465 e. The Morgan fingerprint density at radius 1 is 1.04 bits per heavy atom. The molecule has 3 aromatic carbocycles. The van der Waals surface area contributed by atoms with Crippen LogP contribution in [0.15, 0.2) is 60.7 Å². The van der Waals surface area contributed by atoms with Gasteiger partial charge in [0.25, 0.3) is 0 Å². The first-order chi connectivity index (χ1) is 12.2. The van der Waals surface area contributed by atoms with E-state index in [-0.39, 0.29) is 6.61 Å². The smallest absolute Gasteiger partial charge is 0.340 e. The van der Waals surface area contributed by atoms with Gasteiger partial charge in [-0.25, -0.2) is 4.79 Å². The molecule has 0 aliphatic carbocycles. The number of aromatic nitrogens is 1. The van der Waals surface area contributed by atoms with E-state index >= 15 is 0 Å². The number of ether oxygens (including phenoxy) is 1. The van der Waals surface area contributed by atoms with Gasteiger partial charge in [0.2, 0.25) is 0 Å². The highest BCUT2D eigenvalue weighted by Gasteiger charge is 2.23. The van der Waals surface area contributed by atoms with Crippen molar-refractivity contribution in [1.29, 1.82) is 0 Å². The highest BCUT2D eigenvalue weighted by atomic mass is 16.5. The number of fused-ring (bicyclic) bond motifs is 3. The molecule has 0 amide bonds. The lowest BCUT2D eigenvalue weighted by atomic mass is 9.92. The topological polar surface area (TPSA) is 62.3 Å². The van der Waals surface area contributed by atoms with E-state index in [1.54, 1.807) is 0 Å². The highest BCUT2D eigenvalue weighted by Crippen LogP contribution is 2.37. The summed E-state index contributed by atoms with van der Waals surface area (Å²) in [4.78, 5) is 16.0. The van der Waals surface area contributed by atoms with Crippen molar-refractivity contribution in [1.82, 2.24) is 4.98 Å². The number of methoxy groups -OCH3 is 1. The maximum absolute atomic E-state index is 12.6. The molecule has 4 rings (SSSR count). The average Bonchev–Trinajstić information content (AvgIpc) is 3.04. The number of rotatable bonds is 3. The van der Waals surface area contributed by atoms with E-state index in [0.29, 0.717) is 16.7 Å². The molecule has 0 fully saturated rings. The van der Waals surface area contributed by atoms with E-state index in [1.807, 2.05) is 60.7 Å². The molecule has 1 heterocycles. The fourth-order valence-electron chi connectivity index (χ4n) is 3.41. The molecule has 0 aliphatic heterocycles. The number of esters is 1. The third kappa shape index (κ3) is 2.39. The van der Waals surface area contributed by atoms with Crippen LogP contribution >= 0.6 is 0 Å². The molecule has 124 valence electrons. The molecule has 0 saturated heterocycles. The van der Waals surface area contributed by atoms with Gasteiger partial charge in [-0.05, 0) is 23.3 Å². The van der Waals surface area contributed by atoms with E-state index in [2.05, 4.69) is 4.98 Å². The summed E-state index contributed by atoms with van der Waals surface area (Å²) in [5.41, 5.74) is 4.39. The Kier molecular flexibility index (Phi) is 3.75. The maximum atomic E-state index is 12.6. The van der Waals surface area contributed by atoms with Crippen LogP contribution in [0.4, 0.5) is 0 Å². The summed E-state index contributed by atoms with van der Waals surface area (Å²) in [6.45, 7) is -0.163. The van der Waals surface area contributed by atoms with Crippen molar-refractivity contribution in [3.8, 4) is 11.1 Å². The van der Waals surface area contributed by atoms with Crippen molar-refractivity contribution in [2.24, 2.45) is 0 Å². The molecule has 4 heteroatoms. The van der Waals surface area contributed by atoms with Crippen molar-refractivity contribution < 1.29 is 14.6 Å². The third-order valence-corrected chi connectivity index (χ3v) is 4.51. The van der Waals surface area contributed by atoms with Crippen LogP contribution in [0.2, 0.25) is 0 Å². The highest BCUT2D eigenvalue weighted by molar-refractivity contribution is 6.17. The zero-order chi connectivity index (χ0) is 17.4. The standard InChI is InChI=1S/C21H17NO3/c1-25-21(24)19-18(13-7-3-2-4-8-13)14(12-23)11-16-15-9-5-6-10-17(15)22-20(16)19/h2-11,22-23H,12H2,1H3. The number of hydrogen-bond donors (Lipinski definition) is 2. The van der Waals surface area contributed by atoms with Gasteiger partial charge in [-0.3, -0.25) is 0 Å². The van der Waals surface area contributed by atoms with Crippen molar-refractivity contribution in [3.63, 3.8) is 0 Å². The zero-order valence-electron chi connectivity index (χ0n) is 13.7. The molecule has 0 unspecified atom stereocenters. The number of para-hydroxylation sites is 1. The molecule has 0 atom stereocenters. The predicted octanol–water partition coefficient (Wildman–Crippen LogP) is 4.27. The quantitative estimate of drug-likeness (QED) is 0.551. The first-order valence-corrected chi connectivity index (χ1v) is 8.05. The molecule has 0 saturated carbocycles. The van der Waals surface area contributed by atoms with Gasteiger partial charge in [0.15, 0.2) is 0 Å². The van der Waals surface area contributed by atoms with Crippen molar-refractivity contribution in [2.75, 3.05) is 7.11 Å². The Bertz CT molecular complexity index is 1080. The molecule has 0 bridgehead atoms. The summed E-state index contributed by atoms with van der Waals surface area (Å²) in [7, 11) is 1.37. The second-order valence-corrected chi connectivity index (χ2v) is 5.89. The number of benzene rings is 3. The number of aliphatic hydroxyl groups is 1. The summed E-state index contributed by atoms with van der Waals surface area (Å²) in [5.74, 6) is -0.425. The number of aliphatic hydroxyl groups excluding tert-OH is 1. The molecular weight excluding hydrogens is 314 g/mol. The Morgan fingerprint density at radius 3 is 2.48 bits per heavy atom. The Balaban J connectivity index is 2.19. The number of hydrogen-bond acceptors (Lipinski definition) is 3. The number of H-pyrrole nitrogens is 1. The van der Waals surface area contributed by atoms with Crippen LogP contribution in [0, 0.1) is 0 Å². The van der Waals surface area contributed by atoms with E-state index in [0.717, 1.165) is 27.4 Å². The number of carbonyl (C=O) groups is 1. The van der Waals surface area contributed by atoms with Crippen LogP contribution in [-0.4, -0.2) is 23.2 Å². The molecule has 0 aliphatic rings. The minimum absolute atomic E-state index is 0.163. The average molecular weight is 331 g/mol. The summed E-state index contributed by atoms with van der Waals surface area (Å²) in [6.07, 6.45) is 0. The second-order valence-electron chi connectivity index (χ2n) is 5.89. The van der Waals surface area contributed by atoms with Gasteiger partial charge in [0.05, 0.1) is 24.8 Å².